The van der Waals surface area contributed by atoms with Gasteiger partial charge in [-0.15, -0.1) is 0 Å². The minimum Gasteiger partial charge on any atom is -0.456 e. The molecule has 0 saturated carbocycles. The van der Waals surface area contributed by atoms with Crippen molar-refractivity contribution in [3.05, 3.63) is 141 Å². The predicted molar refractivity (Wildman–Crippen MR) is 183 cm³/mol. The van der Waals surface area contributed by atoms with Crippen LogP contribution in [0.25, 0.3) is 39.8 Å². The molecule has 2 aromatic carbocycles. The van der Waals surface area contributed by atoms with Crippen LogP contribution in [0.4, 0.5) is 5.69 Å². The summed E-state index contributed by atoms with van der Waals surface area (Å²) in [4.78, 5) is 16.6. The molecule has 4 aromatic rings. The molecule has 0 saturated heterocycles. The van der Waals surface area contributed by atoms with Crippen molar-refractivity contribution in [2.75, 3.05) is 11.4 Å². The van der Waals surface area contributed by atoms with Gasteiger partial charge in [-0.2, -0.15) is 0 Å². The van der Waals surface area contributed by atoms with Gasteiger partial charge in [0.2, 0.25) is 5.43 Å². The van der Waals surface area contributed by atoms with Crippen molar-refractivity contribution < 1.29 is 4.42 Å². The first-order valence-corrected chi connectivity index (χ1v) is 15.2. The van der Waals surface area contributed by atoms with Crippen molar-refractivity contribution in [3.63, 3.8) is 0 Å². The predicted octanol–water partition coefficient (Wildman–Crippen LogP) is 9.77. The first kappa shape index (κ1) is 28.3. The quantitative estimate of drug-likeness (QED) is 0.226. The Balaban J connectivity index is 1.56. The minimum absolute atomic E-state index is 0.0203. The fraction of sp³-hybridized carbons (Fsp3) is 0.205. The number of nitrogens with zero attached hydrogens (tertiary/aromatic N) is 2. The lowest BCUT2D eigenvalue weighted by Gasteiger charge is -2.29. The Kier molecular flexibility index (Phi) is 7.77. The summed E-state index contributed by atoms with van der Waals surface area (Å²) in [5, 5.41) is 1.18. The van der Waals surface area contributed by atoms with Crippen molar-refractivity contribution in [3.8, 4) is 5.69 Å². The Morgan fingerprint density at radius 1 is 0.977 bits per heavy atom. The third-order valence-corrected chi connectivity index (χ3v) is 8.47. The lowest BCUT2D eigenvalue weighted by molar-refractivity contribution is 0.659. The number of allylic oxidation sites excluding steroid dienone is 9. The summed E-state index contributed by atoms with van der Waals surface area (Å²) in [6.07, 6.45) is 24.0. The zero-order valence-corrected chi connectivity index (χ0v) is 25.5. The monoisotopic (exact) mass is 566 g/mol. The van der Waals surface area contributed by atoms with Gasteiger partial charge in [-0.1, -0.05) is 74.3 Å². The Bertz CT molecular complexity index is 2000. The lowest BCUT2D eigenvalue weighted by atomic mass is 9.94. The van der Waals surface area contributed by atoms with E-state index in [1.807, 2.05) is 50.2 Å². The molecule has 4 nitrogen and oxygen atoms in total. The molecule has 3 heterocycles. The molecule has 4 heteroatoms. The van der Waals surface area contributed by atoms with Gasteiger partial charge in [-0.3, -0.25) is 4.79 Å². The van der Waals surface area contributed by atoms with Gasteiger partial charge in [-0.25, -0.2) is 0 Å². The van der Waals surface area contributed by atoms with E-state index >= 15 is 0 Å². The van der Waals surface area contributed by atoms with Crippen LogP contribution in [-0.4, -0.2) is 11.1 Å². The second-order valence-corrected chi connectivity index (χ2v) is 11.0. The highest BCUT2D eigenvalue weighted by Crippen LogP contribution is 2.35. The molecule has 0 N–H and O–H groups in total. The van der Waals surface area contributed by atoms with Crippen molar-refractivity contribution in [1.82, 2.24) is 4.57 Å². The Morgan fingerprint density at radius 3 is 2.58 bits per heavy atom. The van der Waals surface area contributed by atoms with Crippen LogP contribution in [0.3, 0.4) is 0 Å². The summed E-state index contributed by atoms with van der Waals surface area (Å²) in [5.41, 5.74) is 11.0. The van der Waals surface area contributed by atoms with Crippen LogP contribution in [0.5, 0.6) is 0 Å². The third kappa shape index (κ3) is 4.87. The van der Waals surface area contributed by atoms with Crippen LogP contribution in [0.15, 0.2) is 118 Å². The molecule has 6 rings (SSSR count). The van der Waals surface area contributed by atoms with Crippen LogP contribution in [-0.2, 0) is 6.42 Å². The number of anilines is 1. The molecule has 0 spiro atoms. The lowest BCUT2D eigenvalue weighted by Crippen LogP contribution is -2.24. The summed E-state index contributed by atoms with van der Waals surface area (Å²) < 4.78 is 8.79. The fourth-order valence-electron chi connectivity index (χ4n) is 6.51. The molecule has 0 atom stereocenters. The summed E-state index contributed by atoms with van der Waals surface area (Å²) in [6, 6.07) is 11.9. The van der Waals surface area contributed by atoms with Crippen LogP contribution >= 0.6 is 0 Å². The average Bonchev–Trinajstić information content (AvgIpc) is 3.32. The molecule has 1 aliphatic heterocycles. The van der Waals surface area contributed by atoms with Crippen molar-refractivity contribution in [2.45, 2.75) is 47.0 Å². The molecular weight excluding hydrogens is 528 g/mol. The van der Waals surface area contributed by atoms with Gasteiger partial charge in [0.25, 0.3) is 0 Å². The van der Waals surface area contributed by atoms with E-state index in [-0.39, 0.29) is 5.43 Å². The van der Waals surface area contributed by atoms with E-state index in [2.05, 4.69) is 90.7 Å². The van der Waals surface area contributed by atoms with Gasteiger partial charge in [0.1, 0.15) is 11.2 Å². The van der Waals surface area contributed by atoms with Gasteiger partial charge in [0.05, 0.1) is 16.5 Å². The average molecular weight is 567 g/mol. The van der Waals surface area contributed by atoms with Crippen LogP contribution in [0.1, 0.15) is 56.1 Å². The maximum Gasteiger partial charge on any atom is 0.202 e. The van der Waals surface area contributed by atoms with E-state index < -0.39 is 0 Å². The van der Waals surface area contributed by atoms with Gasteiger partial charge in [0, 0.05) is 46.5 Å². The van der Waals surface area contributed by atoms with E-state index in [9.17, 15) is 4.79 Å². The number of benzene rings is 2. The third-order valence-electron chi connectivity index (χ3n) is 8.47. The van der Waals surface area contributed by atoms with Crippen LogP contribution < -0.4 is 10.3 Å². The highest BCUT2D eigenvalue weighted by molar-refractivity contribution is 5.96. The smallest absolute Gasteiger partial charge is 0.202 e. The second-order valence-electron chi connectivity index (χ2n) is 11.0. The molecule has 2 aromatic heterocycles. The van der Waals surface area contributed by atoms with Crippen molar-refractivity contribution >= 4 is 39.8 Å². The molecule has 0 fully saturated rings. The Hall–Kier alpha value is -4.83. The Morgan fingerprint density at radius 2 is 1.79 bits per heavy atom. The van der Waals surface area contributed by atoms with Gasteiger partial charge in [0.15, 0.2) is 0 Å². The maximum atomic E-state index is 14.3. The SMILES string of the molecule is C=C1/C=C\C=C/CN(c2ccc3c(=O)c4c(-n5c(C)c(/C=C\C)c(/C=C\C)c5CC)cccc4oc3c2)C2=C1CCC=C2. The van der Waals surface area contributed by atoms with E-state index in [0.717, 1.165) is 47.6 Å². The normalized spacial score (nSPS) is 17.2. The zero-order valence-electron chi connectivity index (χ0n) is 25.5. The summed E-state index contributed by atoms with van der Waals surface area (Å²) in [7, 11) is 0. The van der Waals surface area contributed by atoms with E-state index in [1.54, 1.807) is 0 Å². The van der Waals surface area contributed by atoms with Crippen LogP contribution in [0.2, 0.25) is 0 Å². The minimum atomic E-state index is -0.0203. The fourth-order valence-corrected chi connectivity index (χ4v) is 6.51. The van der Waals surface area contributed by atoms with E-state index in [4.69, 9.17) is 4.42 Å². The zero-order chi connectivity index (χ0) is 30.1. The first-order chi connectivity index (χ1) is 21.0. The standard InChI is InChI=1S/C39H38N2O2/c1-6-15-30-27(5)41(33(8-3)31(30)16-7-2)35-20-14-21-36-38(35)39(42)32-23-22-28(25-37(32)43-36)40-24-13-9-10-17-26(4)29-18-11-12-19-34(29)40/h6-7,9-10,12-17,19-23,25H,4,8,11,18,24H2,1-3,5H3/b13-9-,15-6-,16-7-,17-10-. The van der Waals surface area contributed by atoms with Gasteiger partial charge in [-0.05, 0) is 81.5 Å². The number of rotatable bonds is 5. The largest absolute Gasteiger partial charge is 0.456 e. The Labute approximate surface area is 253 Å². The summed E-state index contributed by atoms with van der Waals surface area (Å²) in [6.45, 7) is 13.4. The van der Waals surface area contributed by atoms with Gasteiger partial charge < -0.3 is 13.9 Å². The summed E-state index contributed by atoms with van der Waals surface area (Å²) in [5.74, 6) is 0. The molecule has 0 radical (unpaired) electrons. The molecule has 43 heavy (non-hydrogen) atoms. The molecular formula is C39H38N2O2. The first-order valence-electron chi connectivity index (χ1n) is 15.2. The molecule has 0 amide bonds. The highest BCUT2D eigenvalue weighted by Gasteiger charge is 2.22. The molecule has 2 aliphatic rings. The van der Waals surface area contributed by atoms with Crippen LogP contribution in [0, 0.1) is 6.92 Å². The maximum absolute atomic E-state index is 14.3. The van der Waals surface area contributed by atoms with Crippen molar-refractivity contribution in [1.29, 1.82) is 0 Å². The molecule has 1 aliphatic carbocycles. The molecule has 0 unspecified atom stereocenters. The van der Waals surface area contributed by atoms with E-state index in [1.165, 1.54) is 22.4 Å². The molecule has 0 bridgehead atoms. The van der Waals surface area contributed by atoms with Gasteiger partial charge >= 0.3 is 0 Å². The number of hydrogen-bond donors (Lipinski definition) is 0. The molecule has 216 valence electrons. The topological polar surface area (TPSA) is 38.4 Å². The second kappa shape index (κ2) is 11.8. The van der Waals surface area contributed by atoms with E-state index in [0.29, 0.717) is 28.5 Å². The highest BCUT2D eigenvalue weighted by atomic mass is 16.3. The number of hydrogen-bond acceptors (Lipinski definition) is 3. The van der Waals surface area contributed by atoms with Crippen molar-refractivity contribution in [2.24, 2.45) is 0 Å². The summed E-state index contributed by atoms with van der Waals surface area (Å²) >= 11 is 0. The number of fused-ring (bicyclic) bond motifs is 2. The number of aromatic nitrogens is 1.